The molecule has 0 aliphatic heterocycles. The monoisotopic (exact) mass is 357 g/mol. The minimum atomic E-state index is -0.517. The predicted octanol–water partition coefficient (Wildman–Crippen LogP) is 2.44. The Bertz CT molecular complexity index is 425. The first-order valence-corrected chi connectivity index (χ1v) is 8.75. The standard InChI is InChI=1S/C18H31NO6/c1-13(2)17(20)24-9-8-19-18(21)25-12-14-10-15(22-3)6-5-7-16(11-14)23-4/h14-16H,1,5-12H2,2-4H3,(H,19,21). The lowest BCUT2D eigenvalue weighted by atomic mass is 9.88. The predicted molar refractivity (Wildman–Crippen MR) is 93.3 cm³/mol. The Morgan fingerprint density at radius 2 is 1.68 bits per heavy atom. The number of methoxy groups -OCH3 is 2. The number of nitrogens with one attached hydrogen (secondary N) is 1. The third-order valence-corrected chi connectivity index (χ3v) is 4.31. The third-order valence-electron chi connectivity index (χ3n) is 4.31. The molecule has 1 fully saturated rings. The van der Waals surface area contributed by atoms with Crippen molar-refractivity contribution in [2.24, 2.45) is 5.92 Å². The van der Waals surface area contributed by atoms with Gasteiger partial charge in [0, 0.05) is 19.8 Å². The first-order chi connectivity index (χ1) is 12.0. The number of hydrogen-bond donors (Lipinski definition) is 1. The molecule has 0 heterocycles. The van der Waals surface area contributed by atoms with E-state index >= 15 is 0 Å². The average Bonchev–Trinajstić information content (AvgIpc) is 2.57. The number of rotatable bonds is 8. The minimum Gasteiger partial charge on any atom is -0.460 e. The first-order valence-electron chi connectivity index (χ1n) is 8.75. The summed E-state index contributed by atoms with van der Waals surface area (Å²) in [6.45, 7) is 5.65. The summed E-state index contributed by atoms with van der Waals surface area (Å²) in [4.78, 5) is 23.0. The summed E-state index contributed by atoms with van der Waals surface area (Å²) in [5.74, 6) is -0.275. The first kappa shape index (κ1) is 21.4. The third kappa shape index (κ3) is 8.88. The topological polar surface area (TPSA) is 83.1 Å². The van der Waals surface area contributed by atoms with Gasteiger partial charge >= 0.3 is 12.1 Å². The molecule has 2 atom stereocenters. The molecule has 1 aliphatic rings. The van der Waals surface area contributed by atoms with E-state index < -0.39 is 12.1 Å². The Kier molecular flexibility index (Phi) is 10.2. The number of amides is 1. The summed E-state index contributed by atoms with van der Waals surface area (Å²) in [5, 5.41) is 2.56. The van der Waals surface area contributed by atoms with E-state index in [1.807, 2.05) is 0 Å². The van der Waals surface area contributed by atoms with E-state index in [1.54, 1.807) is 21.1 Å². The highest BCUT2D eigenvalue weighted by Crippen LogP contribution is 2.26. The lowest BCUT2D eigenvalue weighted by molar-refractivity contribution is -0.138. The van der Waals surface area contributed by atoms with Crippen LogP contribution in [0.2, 0.25) is 0 Å². The summed E-state index contributed by atoms with van der Waals surface area (Å²) in [6, 6.07) is 0. The molecule has 0 radical (unpaired) electrons. The van der Waals surface area contributed by atoms with E-state index in [4.69, 9.17) is 18.9 Å². The summed E-state index contributed by atoms with van der Waals surface area (Å²) in [6.07, 6.45) is 4.62. The quantitative estimate of drug-likeness (QED) is 0.408. The van der Waals surface area contributed by atoms with Gasteiger partial charge in [-0.2, -0.15) is 0 Å². The molecule has 1 saturated carbocycles. The van der Waals surface area contributed by atoms with Gasteiger partial charge in [0.05, 0.1) is 25.4 Å². The molecule has 0 aromatic heterocycles. The maximum atomic E-state index is 11.8. The van der Waals surface area contributed by atoms with Crippen LogP contribution in [0.4, 0.5) is 4.79 Å². The zero-order chi connectivity index (χ0) is 18.7. The summed E-state index contributed by atoms with van der Waals surface area (Å²) in [7, 11) is 3.44. The van der Waals surface area contributed by atoms with Crippen molar-refractivity contribution in [1.29, 1.82) is 0 Å². The van der Waals surface area contributed by atoms with Crippen LogP contribution in [-0.4, -0.2) is 58.2 Å². The molecule has 1 N–H and O–H groups in total. The minimum absolute atomic E-state index is 0.0850. The summed E-state index contributed by atoms with van der Waals surface area (Å²) in [5.41, 5.74) is 0.326. The molecule has 25 heavy (non-hydrogen) atoms. The highest BCUT2D eigenvalue weighted by Gasteiger charge is 2.25. The molecule has 144 valence electrons. The van der Waals surface area contributed by atoms with Crippen LogP contribution in [-0.2, 0) is 23.7 Å². The van der Waals surface area contributed by atoms with Gasteiger partial charge in [0.25, 0.3) is 0 Å². The molecule has 2 unspecified atom stereocenters. The molecule has 0 saturated heterocycles. The van der Waals surface area contributed by atoms with Crippen molar-refractivity contribution in [2.45, 2.75) is 51.2 Å². The van der Waals surface area contributed by atoms with Crippen molar-refractivity contribution in [3.8, 4) is 0 Å². The van der Waals surface area contributed by atoms with E-state index in [1.165, 1.54) is 0 Å². The van der Waals surface area contributed by atoms with E-state index in [9.17, 15) is 9.59 Å². The summed E-state index contributed by atoms with van der Waals surface area (Å²) >= 11 is 0. The molecular formula is C18H31NO6. The second-order valence-corrected chi connectivity index (χ2v) is 6.43. The van der Waals surface area contributed by atoms with Gasteiger partial charge in [-0.05, 0) is 44.9 Å². The zero-order valence-electron chi connectivity index (χ0n) is 15.5. The van der Waals surface area contributed by atoms with Crippen molar-refractivity contribution in [1.82, 2.24) is 5.32 Å². The Morgan fingerprint density at radius 3 is 2.20 bits per heavy atom. The fourth-order valence-electron chi connectivity index (χ4n) is 2.88. The van der Waals surface area contributed by atoms with Crippen molar-refractivity contribution in [2.75, 3.05) is 34.0 Å². The second-order valence-electron chi connectivity index (χ2n) is 6.43. The Labute approximate surface area is 150 Å². The number of carbonyl (C=O) groups excluding carboxylic acids is 2. The highest BCUT2D eigenvalue weighted by atomic mass is 16.6. The lowest BCUT2D eigenvalue weighted by Crippen LogP contribution is -2.32. The molecular weight excluding hydrogens is 326 g/mol. The average molecular weight is 357 g/mol. The number of ether oxygens (including phenoxy) is 4. The molecule has 0 bridgehead atoms. The highest BCUT2D eigenvalue weighted by molar-refractivity contribution is 5.86. The number of alkyl carbamates (subject to hydrolysis) is 1. The number of esters is 1. The van der Waals surface area contributed by atoms with Gasteiger partial charge in [-0.1, -0.05) is 6.58 Å². The smallest absolute Gasteiger partial charge is 0.407 e. The second kappa shape index (κ2) is 11.9. The Morgan fingerprint density at radius 1 is 1.08 bits per heavy atom. The maximum Gasteiger partial charge on any atom is 0.407 e. The summed E-state index contributed by atoms with van der Waals surface area (Å²) < 4.78 is 21.2. The lowest BCUT2D eigenvalue weighted by Gasteiger charge is -2.29. The van der Waals surface area contributed by atoms with Crippen molar-refractivity contribution in [3.05, 3.63) is 12.2 Å². The van der Waals surface area contributed by atoms with Crippen molar-refractivity contribution >= 4 is 12.1 Å². The molecule has 7 heteroatoms. The SMILES string of the molecule is C=C(C)C(=O)OCCNC(=O)OCC1CC(OC)CCCC(OC)C1. The number of hydrogen-bond acceptors (Lipinski definition) is 6. The van der Waals surface area contributed by atoms with E-state index in [0.29, 0.717) is 12.2 Å². The van der Waals surface area contributed by atoms with Gasteiger partial charge in [0.2, 0.25) is 0 Å². The van der Waals surface area contributed by atoms with Crippen LogP contribution < -0.4 is 5.32 Å². The molecule has 0 aromatic rings. The molecule has 7 nitrogen and oxygen atoms in total. The van der Waals surface area contributed by atoms with Crippen LogP contribution in [0.1, 0.15) is 39.0 Å². The Hall–Kier alpha value is -1.60. The van der Waals surface area contributed by atoms with E-state index in [-0.39, 0.29) is 31.3 Å². The van der Waals surface area contributed by atoms with E-state index in [0.717, 1.165) is 32.1 Å². The fraction of sp³-hybridized carbons (Fsp3) is 0.778. The van der Waals surface area contributed by atoms with Gasteiger partial charge < -0.3 is 24.3 Å². The van der Waals surface area contributed by atoms with Crippen LogP contribution in [0.15, 0.2) is 12.2 Å². The molecule has 1 rings (SSSR count). The van der Waals surface area contributed by atoms with Gasteiger partial charge in [-0.15, -0.1) is 0 Å². The van der Waals surface area contributed by atoms with Gasteiger partial charge in [0.1, 0.15) is 6.61 Å². The molecule has 1 aliphatic carbocycles. The van der Waals surface area contributed by atoms with Crippen LogP contribution >= 0.6 is 0 Å². The van der Waals surface area contributed by atoms with Crippen LogP contribution in [0.3, 0.4) is 0 Å². The maximum absolute atomic E-state index is 11.8. The van der Waals surface area contributed by atoms with Crippen LogP contribution in [0, 0.1) is 5.92 Å². The molecule has 1 amide bonds. The molecule has 0 aromatic carbocycles. The van der Waals surface area contributed by atoms with Crippen LogP contribution in [0.5, 0.6) is 0 Å². The normalized spacial score (nSPS) is 23.9. The fourth-order valence-corrected chi connectivity index (χ4v) is 2.88. The van der Waals surface area contributed by atoms with Crippen molar-refractivity contribution < 1.29 is 28.5 Å². The largest absolute Gasteiger partial charge is 0.460 e. The van der Waals surface area contributed by atoms with Gasteiger partial charge in [0.15, 0.2) is 0 Å². The van der Waals surface area contributed by atoms with Crippen molar-refractivity contribution in [3.63, 3.8) is 0 Å². The number of carbonyl (C=O) groups is 2. The van der Waals surface area contributed by atoms with Gasteiger partial charge in [-0.3, -0.25) is 0 Å². The van der Waals surface area contributed by atoms with Crippen LogP contribution in [0.25, 0.3) is 0 Å². The van der Waals surface area contributed by atoms with E-state index in [2.05, 4.69) is 11.9 Å². The van der Waals surface area contributed by atoms with Gasteiger partial charge in [-0.25, -0.2) is 9.59 Å². The zero-order valence-corrected chi connectivity index (χ0v) is 15.5. The Balaban J connectivity index is 2.30. The molecule has 0 spiro atoms.